The third-order valence-corrected chi connectivity index (χ3v) is 5.00. The summed E-state index contributed by atoms with van der Waals surface area (Å²) in [7, 11) is 0. The van der Waals surface area contributed by atoms with Crippen LogP contribution in [0.4, 0.5) is 5.69 Å². The number of nitrogens with one attached hydrogen (secondary N) is 1. The monoisotopic (exact) mass is 376 g/mol. The standard InChI is InChI=1S/C22H24N4O2/c1-16-6-5-7-17(14-16)15-23-21(27)22-24-20(25-28-22)18-8-10-19(11-9-18)26-12-3-2-4-13-26/h5-11,14H,2-4,12-13,15H2,1H3,(H,23,27). The number of aromatic nitrogens is 2. The zero-order valence-electron chi connectivity index (χ0n) is 16.0. The molecule has 0 spiro atoms. The maximum absolute atomic E-state index is 12.3. The Morgan fingerprint density at radius 2 is 1.89 bits per heavy atom. The molecule has 0 radical (unpaired) electrons. The third kappa shape index (κ3) is 4.22. The smallest absolute Gasteiger partial charge is 0.316 e. The van der Waals surface area contributed by atoms with Gasteiger partial charge in [-0.05, 0) is 56.0 Å². The SMILES string of the molecule is Cc1cccc(CNC(=O)c2nc(-c3ccc(N4CCCCC4)cc3)no2)c1. The van der Waals surface area contributed by atoms with Gasteiger partial charge in [0.05, 0.1) is 0 Å². The van der Waals surface area contributed by atoms with Crippen molar-refractivity contribution in [2.45, 2.75) is 32.7 Å². The number of rotatable bonds is 5. The number of aryl methyl sites for hydroxylation is 1. The van der Waals surface area contributed by atoms with Gasteiger partial charge in [0.15, 0.2) is 0 Å². The average molecular weight is 376 g/mol. The first-order chi connectivity index (χ1) is 13.7. The average Bonchev–Trinajstić information content (AvgIpc) is 3.23. The van der Waals surface area contributed by atoms with Gasteiger partial charge in [-0.3, -0.25) is 4.79 Å². The summed E-state index contributed by atoms with van der Waals surface area (Å²) in [5, 5.41) is 6.78. The van der Waals surface area contributed by atoms with Crippen LogP contribution >= 0.6 is 0 Å². The molecule has 0 saturated carbocycles. The minimum atomic E-state index is -0.370. The zero-order valence-corrected chi connectivity index (χ0v) is 16.0. The summed E-state index contributed by atoms with van der Waals surface area (Å²) in [6.07, 6.45) is 3.80. The predicted octanol–water partition coefficient (Wildman–Crippen LogP) is 3.97. The summed E-state index contributed by atoms with van der Waals surface area (Å²) in [6.45, 7) is 4.65. The van der Waals surface area contributed by atoms with Gasteiger partial charge in [-0.25, -0.2) is 0 Å². The highest BCUT2D eigenvalue weighted by molar-refractivity contribution is 5.89. The van der Waals surface area contributed by atoms with E-state index >= 15 is 0 Å². The first-order valence-electron chi connectivity index (χ1n) is 9.72. The molecule has 1 aromatic heterocycles. The zero-order chi connectivity index (χ0) is 19.3. The van der Waals surface area contributed by atoms with Crippen molar-refractivity contribution in [3.8, 4) is 11.4 Å². The Bertz CT molecular complexity index is 943. The minimum Gasteiger partial charge on any atom is -0.372 e. The van der Waals surface area contributed by atoms with Crippen molar-refractivity contribution in [1.29, 1.82) is 0 Å². The van der Waals surface area contributed by atoms with E-state index in [1.165, 1.54) is 24.9 Å². The van der Waals surface area contributed by atoms with Gasteiger partial charge in [-0.15, -0.1) is 0 Å². The molecule has 3 aromatic rings. The first-order valence-corrected chi connectivity index (χ1v) is 9.72. The maximum atomic E-state index is 12.3. The first kappa shape index (κ1) is 18.2. The van der Waals surface area contributed by atoms with Gasteiger partial charge in [0.2, 0.25) is 5.82 Å². The summed E-state index contributed by atoms with van der Waals surface area (Å²) >= 11 is 0. The van der Waals surface area contributed by atoms with Crippen molar-refractivity contribution in [3.05, 3.63) is 65.5 Å². The van der Waals surface area contributed by atoms with Crippen LogP contribution in [0.5, 0.6) is 0 Å². The third-order valence-electron chi connectivity index (χ3n) is 5.00. The lowest BCUT2D eigenvalue weighted by Gasteiger charge is -2.28. The molecule has 0 bridgehead atoms. The van der Waals surface area contributed by atoms with Gasteiger partial charge >= 0.3 is 11.8 Å². The highest BCUT2D eigenvalue weighted by Crippen LogP contribution is 2.23. The molecule has 0 unspecified atom stereocenters. The number of nitrogens with zero attached hydrogens (tertiary/aromatic N) is 3. The number of benzene rings is 2. The predicted molar refractivity (Wildman–Crippen MR) is 108 cm³/mol. The van der Waals surface area contributed by atoms with Gasteiger partial charge in [0, 0.05) is 30.9 Å². The van der Waals surface area contributed by atoms with Crippen molar-refractivity contribution < 1.29 is 9.32 Å². The number of carbonyl (C=O) groups excluding carboxylic acids is 1. The number of piperidine rings is 1. The van der Waals surface area contributed by atoms with Gasteiger partial charge < -0.3 is 14.7 Å². The minimum absolute atomic E-state index is 0.0252. The van der Waals surface area contributed by atoms with E-state index in [2.05, 4.69) is 32.5 Å². The Kier molecular flexibility index (Phi) is 5.37. The van der Waals surface area contributed by atoms with Gasteiger partial charge in [0.25, 0.3) is 0 Å². The summed E-state index contributed by atoms with van der Waals surface area (Å²) < 4.78 is 5.16. The van der Waals surface area contributed by atoms with E-state index in [4.69, 9.17) is 4.52 Å². The summed E-state index contributed by atoms with van der Waals surface area (Å²) in [5.74, 6) is 0.0267. The Labute approximate surface area is 164 Å². The topological polar surface area (TPSA) is 71.3 Å². The number of anilines is 1. The molecule has 0 atom stereocenters. The number of hydrogen-bond donors (Lipinski definition) is 1. The van der Waals surface area contributed by atoms with Crippen LogP contribution in [0.2, 0.25) is 0 Å². The summed E-state index contributed by atoms with van der Waals surface area (Å²) in [5.41, 5.74) is 4.23. The van der Waals surface area contributed by atoms with Crippen molar-refractivity contribution in [3.63, 3.8) is 0 Å². The molecule has 0 aliphatic carbocycles. The van der Waals surface area contributed by atoms with Gasteiger partial charge in [-0.2, -0.15) is 4.98 Å². The fourth-order valence-corrected chi connectivity index (χ4v) is 3.49. The largest absolute Gasteiger partial charge is 0.372 e. The van der Waals surface area contributed by atoms with Crippen LogP contribution in [0.15, 0.2) is 53.1 Å². The van der Waals surface area contributed by atoms with E-state index in [0.717, 1.165) is 29.8 Å². The molecule has 1 aliphatic rings. The molecule has 2 heterocycles. The lowest BCUT2D eigenvalue weighted by molar-refractivity contribution is 0.0907. The molecule has 1 aliphatic heterocycles. The quantitative estimate of drug-likeness (QED) is 0.730. The van der Waals surface area contributed by atoms with Crippen LogP contribution in [0.3, 0.4) is 0 Å². The normalized spacial score (nSPS) is 14.1. The van der Waals surface area contributed by atoms with E-state index < -0.39 is 0 Å². The van der Waals surface area contributed by atoms with Gasteiger partial charge in [-0.1, -0.05) is 35.0 Å². The molecule has 1 amide bonds. The van der Waals surface area contributed by atoms with Crippen LogP contribution in [0, 0.1) is 6.92 Å². The summed E-state index contributed by atoms with van der Waals surface area (Å²) in [4.78, 5) is 18.9. The van der Waals surface area contributed by atoms with Crippen molar-refractivity contribution >= 4 is 11.6 Å². The molecular weight excluding hydrogens is 352 g/mol. The second-order valence-electron chi connectivity index (χ2n) is 7.19. The molecule has 2 aromatic carbocycles. The fourth-order valence-electron chi connectivity index (χ4n) is 3.49. The van der Waals surface area contributed by atoms with E-state index in [9.17, 15) is 4.79 Å². The molecule has 6 nitrogen and oxygen atoms in total. The Balaban J connectivity index is 1.40. The van der Waals surface area contributed by atoms with Crippen LogP contribution in [-0.4, -0.2) is 29.1 Å². The Morgan fingerprint density at radius 3 is 2.64 bits per heavy atom. The lowest BCUT2D eigenvalue weighted by Crippen LogP contribution is -2.29. The van der Waals surface area contributed by atoms with Crippen LogP contribution < -0.4 is 10.2 Å². The van der Waals surface area contributed by atoms with Crippen molar-refractivity contribution in [1.82, 2.24) is 15.5 Å². The number of amides is 1. The van der Waals surface area contributed by atoms with Crippen LogP contribution in [0.25, 0.3) is 11.4 Å². The van der Waals surface area contributed by atoms with E-state index in [1.54, 1.807) is 0 Å². The Hall–Kier alpha value is -3.15. The maximum Gasteiger partial charge on any atom is 0.316 e. The molecule has 28 heavy (non-hydrogen) atoms. The second kappa shape index (κ2) is 8.25. The van der Waals surface area contributed by atoms with Gasteiger partial charge in [0.1, 0.15) is 0 Å². The lowest BCUT2D eigenvalue weighted by atomic mass is 10.1. The number of hydrogen-bond acceptors (Lipinski definition) is 5. The van der Waals surface area contributed by atoms with E-state index in [0.29, 0.717) is 12.4 Å². The van der Waals surface area contributed by atoms with Crippen LogP contribution in [0.1, 0.15) is 41.1 Å². The molecule has 1 saturated heterocycles. The summed E-state index contributed by atoms with van der Waals surface area (Å²) in [6, 6.07) is 16.1. The van der Waals surface area contributed by atoms with Crippen molar-refractivity contribution in [2.24, 2.45) is 0 Å². The molecule has 4 rings (SSSR count). The van der Waals surface area contributed by atoms with E-state index in [-0.39, 0.29) is 11.8 Å². The highest BCUT2D eigenvalue weighted by Gasteiger charge is 2.17. The Morgan fingerprint density at radius 1 is 1.11 bits per heavy atom. The highest BCUT2D eigenvalue weighted by atomic mass is 16.5. The molecular formula is C22H24N4O2. The van der Waals surface area contributed by atoms with E-state index in [1.807, 2.05) is 43.3 Å². The molecule has 6 heteroatoms. The fraction of sp³-hybridized carbons (Fsp3) is 0.318. The van der Waals surface area contributed by atoms with Crippen LogP contribution in [-0.2, 0) is 6.54 Å². The van der Waals surface area contributed by atoms with Crippen molar-refractivity contribution in [2.75, 3.05) is 18.0 Å². The second-order valence-corrected chi connectivity index (χ2v) is 7.19. The molecule has 144 valence electrons. The molecule has 1 fully saturated rings. The molecule has 1 N–H and O–H groups in total. The number of carbonyl (C=O) groups is 1.